The normalized spacial score (nSPS) is 15.1. The molecule has 0 radical (unpaired) electrons. The lowest BCUT2D eigenvalue weighted by atomic mass is 10.1. The van der Waals surface area contributed by atoms with Gasteiger partial charge in [-0.25, -0.2) is 9.13 Å². The molecule has 538 valence electrons. The molecule has 5 unspecified atom stereocenters. The highest BCUT2D eigenvalue weighted by molar-refractivity contribution is 7.47. The van der Waals surface area contributed by atoms with E-state index in [2.05, 4.69) is 191 Å². The van der Waals surface area contributed by atoms with Crippen LogP contribution in [0.4, 0.5) is 0 Å². The van der Waals surface area contributed by atoms with Gasteiger partial charge in [-0.05, 0) is 148 Å². The van der Waals surface area contributed by atoms with Crippen LogP contribution in [-0.4, -0.2) is 95.9 Å². The Bertz CT molecular complexity index is 2410. The molecule has 0 amide bonds. The van der Waals surface area contributed by atoms with Crippen molar-refractivity contribution in [2.75, 3.05) is 39.6 Å². The van der Waals surface area contributed by atoms with Crippen LogP contribution in [0.2, 0.25) is 0 Å². The number of carbonyl (C=O) groups excluding carboxylic acids is 3. The summed E-state index contributed by atoms with van der Waals surface area (Å²) in [7, 11) is -9.82. The van der Waals surface area contributed by atoms with Crippen molar-refractivity contribution in [2.24, 2.45) is 0 Å². The molecule has 0 aliphatic rings. The Balaban J connectivity index is 4.77. The highest BCUT2D eigenvalue weighted by Gasteiger charge is 2.29. The number of hydrogen-bond acceptors (Lipinski definition) is 14. The third kappa shape index (κ3) is 70.1. The van der Waals surface area contributed by atoms with Gasteiger partial charge in [0.05, 0.1) is 26.4 Å². The molecule has 0 aromatic rings. The second kappa shape index (κ2) is 68.8. The maximum atomic E-state index is 13.0. The van der Waals surface area contributed by atoms with Crippen molar-refractivity contribution in [3.8, 4) is 0 Å². The Morgan fingerprint density at radius 2 is 0.526 bits per heavy atom. The van der Waals surface area contributed by atoms with E-state index in [0.717, 1.165) is 180 Å². The van der Waals surface area contributed by atoms with Gasteiger partial charge in [-0.2, -0.15) is 0 Å². The molecule has 0 saturated carbocycles. The standard InChI is InChI=1S/C77H124O16P2/c1-4-7-10-13-16-19-22-25-28-31-33-35-37-40-42-45-48-51-54-57-60-63-75(80)87-66-72(78)67-89-94(83,84)90-68-73(79)69-91-95(85,86)92-71-74(93-77(82)65-62-59-56-53-50-47-44-39-30-27-24-21-18-15-12-9-6-3)70-88-76(81)64-61-58-55-52-49-46-43-41-38-36-34-32-29-26-23-20-17-14-11-8-5-2/h7-12,16-21,25-30,33-36,40-44,47,72-74,78-79H,4-6,13-15,22-24,31-32,37-39,45-46,48-71H2,1-3H3,(H,83,84)(H,85,86)/b10-7-,11-8-,12-9-,19-16-,20-17-,21-18-,28-25-,29-26-,30-27-,35-33-,36-34-,42-40-,43-41-,47-44-. The van der Waals surface area contributed by atoms with Crippen molar-refractivity contribution in [2.45, 2.75) is 257 Å². The molecule has 0 saturated heterocycles. The summed E-state index contributed by atoms with van der Waals surface area (Å²) in [6, 6.07) is 0. The summed E-state index contributed by atoms with van der Waals surface area (Å²) in [4.78, 5) is 58.5. The highest BCUT2D eigenvalue weighted by Crippen LogP contribution is 2.45. The first-order valence-electron chi connectivity index (χ1n) is 35.4. The summed E-state index contributed by atoms with van der Waals surface area (Å²) in [5.74, 6) is -1.66. The number of ether oxygens (including phenoxy) is 3. The summed E-state index contributed by atoms with van der Waals surface area (Å²) in [6.07, 6.45) is 85.3. The third-order valence-electron chi connectivity index (χ3n) is 13.9. The van der Waals surface area contributed by atoms with Crippen LogP contribution >= 0.6 is 15.6 Å². The van der Waals surface area contributed by atoms with Crippen LogP contribution in [0.25, 0.3) is 0 Å². The van der Waals surface area contributed by atoms with Crippen molar-refractivity contribution in [1.29, 1.82) is 0 Å². The van der Waals surface area contributed by atoms with Crippen LogP contribution in [0, 0.1) is 0 Å². The number of allylic oxidation sites excluding steroid dienone is 28. The highest BCUT2D eigenvalue weighted by atomic mass is 31.2. The number of carbonyl (C=O) groups is 3. The molecule has 0 aliphatic carbocycles. The fourth-order valence-electron chi connectivity index (χ4n) is 8.61. The lowest BCUT2D eigenvalue weighted by Crippen LogP contribution is -2.30. The van der Waals surface area contributed by atoms with Crippen LogP contribution in [0.3, 0.4) is 0 Å². The number of aliphatic hydroxyl groups is 2. The molecule has 0 heterocycles. The summed E-state index contributed by atoms with van der Waals surface area (Å²) >= 11 is 0. The molecule has 0 rings (SSSR count). The Morgan fingerprint density at radius 1 is 0.295 bits per heavy atom. The molecule has 95 heavy (non-hydrogen) atoms. The predicted octanol–water partition coefficient (Wildman–Crippen LogP) is 20.1. The molecule has 0 fully saturated rings. The van der Waals surface area contributed by atoms with E-state index in [4.69, 9.17) is 32.3 Å². The lowest BCUT2D eigenvalue weighted by molar-refractivity contribution is -0.161. The monoisotopic (exact) mass is 1370 g/mol. The molecular formula is C77H124O16P2. The molecule has 4 N–H and O–H groups in total. The van der Waals surface area contributed by atoms with E-state index in [1.54, 1.807) is 0 Å². The first-order valence-corrected chi connectivity index (χ1v) is 38.4. The fourth-order valence-corrected chi connectivity index (χ4v) is 10.2. The van der Waals surface area contributed by atoms with Crippen molar-refractivity contribution in [3.63, 3.8) is 0 Å². The second-order valence-electron chi connectivity index (χ2n) is 22.9. The Labute approximate surface area is 573 Å². The van der Waals surface area contributed by atoms with Crippen molar-refractivity contribution >= 4 is 33.6 Å². The average molecular weight is 1370 g/mol. The molecule has 0 aromatic heterocycles. The van der Waals surface area contributed by atoms with E-state index in [-0.39, 0.29) is 19.3 Å². The summed E-state index contributed by atoms with van der Waals surface area (Å²) in [5.41, 5.74) is 0. The summed E-state index contributed by atoms with van der Waals surface area (Å²) < 4.78 is 60.9. The molecule has 18 heteroatoms. The van der Waals surface area contributed by atoms with Gasteiger partial charge in [0, 0.05) is 19.3 Å². The van der Waals surface area contributed by atoms with Gasteiger partial charge in [0.1, 0.15) is 25.4 Å². The third-order valence-corrected chi connectivity index (χ3v) is 15.8. The Hall–Kier alpha value is -5.09. The van der Waals surface area contributed by atoms with E-state index in [9.17, 15) is 43.5 Å². The zero-order valence-electron chi connectivity index (χ0n) is 58.3. The van der Waals surface area contributed by atoms with Gasteiger partial charge < -0.3 is 34.2 Å². The van der Waals surface area contributed by atoms with E-state index >= 15 is 0 Å². The molecule has 0 aliphatic heterocycles. The van der Waals surface area contributed by atoms with Crippen LogP contribution < -0.4 is 0 Å². The van der Waals surface area contributed by atoms with E-state index in [1.165, 1.54) is 0 Å². The average Bonchev–Trinajstić information content (AvgIpc) is 1.99. The number of unbranched alkanes of at least 4 members (excludes halogenated alkanes) is 14. The van der Waals surface area contributed by atoms with Gasteiger partial charge >= 0.3 is 33.6 Å². The first kappa shape index (κ1) is 89.9. The van der Waals surface area contributed by atoms with E-state index < -0.39 is 91.5 Å². The number of phosphoric acid groups is 2. The van der Waals surface area contributed by atoms with Crippen LogP contribution in [0.5, 0.6) is 0 Å². The number of esters is 3. The van der Waals surface area contributed by atoms with Crippen LogP contribution in [0.15, 0.2) is 170 Å². The molecular weight excluding hydrogens is 1240 g/mol. The van der Waals surface area contributed by atoms with Gasteiger partial charge in [0.15, 0.2) is 6.10 Å². The summed E-state index contributed by atoms with van der Waals surface area (Å²) in [6.45, 7) is 2.22. The number of aliphatic hydroxyl groups excluding tert-OH is 2. The minimum absolute atomic E-state index is 0.0643. The predicted molar refractivity (Wildman–Crippen MR) is 389 cm³/mol. The van der Waals surface area contributed by atoms with Crippen molar-refractivity contribution in [3.05, 3.63) is 170 Å². The number of phosphoric ester groups is 2. The first-order chi connectivity index (χ1) is 46.2. The fraction of sp³-hybridized carbons (Fsp3) is 0.597. The minimum atomic E-state index is -4.95. The molecule has 0 bridgehead atoms. The molecule has 0 aromatic carbocycles. The zero-order valence-corrected chi connectivity index (χ0v) is 60.1. The van der Waals surface area contributed by atoms with Gasteiger partial charge in [-0.3, -0.25) is 32.5 Å². The van der Waals surface area contributed by atoms with E-state index in [1.807, 2.05) is 0 Å². The Kier molecular flexibility index (Phi) is 65.1. The number of hydrogen-bond donors (Lipinski definition) is 4. The van der Waals surface area contributed by atoms with Gasteiger partial charge in [-0.1, -0.05) is 242 Å². The van der Waals surface area contributed by atoms with Crippen LogP contribution in [0.1, 0.15) is 239 Å². The molecule has 16 nitrogen and oxygen atoms in total. The minimum Gasteiger partial charge on any atom is -0.463 e. The van der Waals surface area contributed by atoms with Gasteiger partial charge in [0.2, 0.25) is 0 Å². The summed E-state index contributed by atoms with van der Waals surface area (Å²) in [5, 5.41) is 20.6. The SMILES string of the molecule is CC/C=C\C/C=C\C/C=C\C/C=C\C/C=C\CCCCCCCC(=O)OCC(O)COP(=O)(O)OCC(O)COP(=O)(O)OCC(COC(=O)CCCCCCC/C=C\C/C=C\C/C=C\C/C=C\C/C=C\CC)OC(=O)CCCCCC/C=C\C/C=C\C/C=C\C/C=C\CC. The van der Waals surface area contributed by atoms with Gasteiger partial charge in [-0.15, -0.1) is 0 Å². The topological polar surface area (TPSA) is 231 Å². The quantitative estimate of drug-likeness (QED) is 0.0146. The van der Waals surface area contributed by atoms with Crippen molar-refractivity contribution in [1.82, 2.24) is 0 Å². The zero-order chi connectivity index (χ0) is 69.5. The van der Waals surface area contributed by atoms with Crippen LogP contribution in [-0.2, 0) is 55.8 Å². The molecule has 5 atom stereocenters. The maximum absolute atomic E-state index is 13.0. The van der Waals surface area contributed by atoms with Crippen molar-refractivity contribution < 1.29 is 75.8 Å². The smallest absolute Gasteiger partial charge is 0.463 e. The largest absolute Gasteiger partial charge is 0.472 e. The number of rotatable bonds is 65. The maximum Gasteiger partial charge on any atom is 0.472 e. The van der Waals surface area contributed by atoms with Gasteiger partial charge in [0.25, 0.3) is 0 Å². The second-order valence-corrected chi connectivity index (χ2v) is 25.8. The Morgan fingerprint density at radius 3 is 0.832 bits per heavy atom. The molecule has 0 spiro atoms. The lowest BCUT2D eigenvalue weighted by Gasteiger charge is -2.21. The van der Waals surface area contributed by atoms with E-state index in [0.29, 0.717) is 19.3 Å².